The average Bonchev–Trinajstić information content (AvgIpc) is 2.26. The van der Waals surface area contributed by atoms with Crippen LogP contribution in [-0.4, -0.2) is 6.61 Å². The summed E-state index contributed by atoms with van der Waals surface area (Å²) in [5.41, 5.74) is 1.10. The number of alkyl halides is 1. The summed E-state index contributed by atoms with van der Waals surface area (Å²) in [7, 11) is 0. The smallest absolute Gasteiger partial charge is 0.141 e. The monoisotopic (exact) mass is 290 g/mol. The second kappa shape index (κ2) is 6.39. The van der Waals surface area contributed by atoms with Gasteiger partial charge >= 0.3 is 0 Å². The van der Waals surface area contributed by atoms with E-state index in [2.05, 4.69) is 29.8 Å². The zero-order chi connectivity index (χ0) is 11.3. The van der Waals surface area contributed by atoms with E-state index in [4.69, 9.17) is 16.3 Å². The fraction of sp³-hybridized carbons (Fsp3) is 0.500. The predicted molar refractivity (Wildman–Crippen MR) is 69.0 cm³/mol. The van der Waals surface area contributed by atoms with Crippen LogP contribution in [0.1, 0.15) is 25.8 Å². The summed E-state index contributed by atoms with van der Waals surface area (Å²) in [6, 6.07) is 5.82. The van der Waals surface area contributed by atoms with Crippen LogP contribution in [-0.2, 0) is 5.33 Å². The van der Waals surface area contributed by atoms with Gasteiger partial charge < -0.3 is 4.74 Å². The lowest BCUT2D eigenvalue weighted by Crippen LogP contribution is -2.08. The quantitative estimate of drug-likeness (QED) is 0.717. The van der Waals surface area contributed by atoms with Gasteiger partial charge in [-0.25, -0.2) is 0 Å². The summed E-state index contributed by atoms with van der Waals surface area (Å²) in [5.74, 6) is 1.38. The Morgan fingerprint density at radius 2 is 2.20 bits per heavy atom. The molecular formula is C12H16BrClO. The van der Waals surface area contributed by atoms with Gasteiger partial charge in [0.1, 0.15) is 5.75 Å². The molecule has 0 N–H and O–H groups in total. The Bertz CT molecular complexity index is 314. The molecule has 0 saturated heterocycles. The van der Waals surface area contributed by atoms with Crippen LogP contribution in [0.4, 0.5) is 0 Å². The van der Waals surface area contributed by atoms with E-state index in [1.807, 2.05) is 18.2 Å². The van der Waals surface area contributed by atoms with Gasteiger partial charge in [0.15, 0.2) is 0 Å². The second-order valence-corrected chi connectivity index (χ2v) is 4.65. The third-order valence-corrected chi connectivity index (χ3v) is 3.30. The zero-order valence-electron chi connectivity index (χ0n) is 9.09. The van der Waals surface area contributed by atoms with Crippen molar-refractivity contribution in [2.75, 3.05) is 6.61 Å². The number of rotatable bonds is 5. The number of para-hydroxylation sites is 1. The van der Waals surface area contributed by atoms with Crippen LogP contribution in [0.3, 0.4) is 0 Å². The van der Waals surface area contributed by atoms with Crippen molar-refractivity contribution in [2.24, 2.45) is 5.92 Å². The van der Waals surface area contributed by atoms with Gasteiger partial charge in [0.05, 0.1) is 11.6 Å². The molecule has 1 aromatic rings. The lowest BCUT2D eigenvalue weighted by Gasteiger charge is -2.14. The van der Waals surface area contributed by atoms with Crippen LogP contribution in [0.25, 0.3) is 0 Å². The molecule has 0 aliphatic carbocycles. The number of ether oxygens (including phenoxy) is 1. The van der Waals surface area contributed by atoms with Gasteiger partial charge in [-0.05, 0) is 12.0 Å². The molecule has 1 nitrogen and oxygen atoms in total. The Balaban J connectivity index is 2.74. The molecule has 0 fully saturated rings. The highest BCUT2D eigenvalue weighted by atomic mass is 79.9. The minimum Gasteiger partial charge on any atom is -0.491 e. The van der Waals surface area contributed by atoms with Crippen LogP contribution < -0.4 is 4.74 Å². The van der Waals surface area contributed by atoms with Crippen molar-refractivity contribution in [2.45, 2.75) is 25.6 Å². The topological polar surface area (TPSA) is 9.23 Å². The van der Waals surface area contributed by atoms with E-state index >= 15 is 0 Å². The molecule has 84 valence electrons. The van der Waals surface area contributed by atoms with E-state index in [9.17, 15) is 0 Å². The summed E-state index contributed by atoms with van der Waals surface area (Å²) in [5, 5.41) is 1.46. The van der Waals surface area contributed by atoms with Crippen LogP contribution in [0, 0.1) is 5.92 Å². The first-order chi connectivity index (χ1) is 7.19. The molecule has 15 heavy (non-hydrogen) atoms. The maximum atomic E-state index is 6.09. The highest BCUT2D eigenvalue weighted by Gasteiger charge is 2.08. The molecule has 0 radical (unpaired) electrons. The first-order valence-corrected chi connectivity index (χ1v) is 6.65. The van der Waals surface area contributed by atoms with Gasteiger partial charge in [0.25, 0.3) is 0 Å². The van der Waals surface area contributed by atoms with Gasteiger partial charge in [0, 0.05) is 10.9 Å². The normalized spacial score (nSPS) is 12.5. The van der Waals surface area contributed by atoms with Gasteiger partial charge in [0.2, 0.25) is 0 Å². The number of hydrogen-bond donors (Lipinski definition) is 0. The average molecular weight is 292 g/mol. The molecule has 0 heterocycles. The molecule has 3 heteroatoms. The van der Waals surface area contributed by atoms with Gasteiger partial charge in [-0.2, -0.15) is 0 Å². The standard InChI is InChI=1S/C12H16BrClO/c1-3-9(2)8-15-12-10(7-13)5-4-6-11(12)14/h4-6,9H,3,7-8H2,1-2H3. The van der Waals surface area contributed by atoms with E-state index < -0.39 is 0 Å². The van der Waals surface area contributed by atoms with Crippen molar-refractivity contribution < 1.29 is 4.74 Å². The SMILES string of the molecule is CCC(C)COc1c(Cl)cccc1CBr. The highest BCUT2D eigenvalue weighted by Crippen LogP contribution is 2.30. The van der Waals surface area contributed by atoms with E-state index in [0.29, 0.717) is 10.9 Å². The summed E-state index contributed by atoms with van der Waals surface area (Å²) >= 11 is 9.52. The third kappa shape index (κ3) is 3.69. The van der Waals surface area contributed by atoms with Crippen molar-refractivity contribution in [1.82, 2.24) is 0 Å². The van der Waals surface area contributed by atoms with Crippen molar-refractivity contribution in [3.8, 4) is 5.75 Å². The zero-order valence-corrected chi connectivity index (χ0v) is 11.4. The Hall–Kier alpha value is -0.210. The maximum Gasteiger partial charge on any atom is 0.141 e. The molecule has 1 rings (SSSR count). The fourth-order valence-corrected chi connectivity index (χ4v) is 1.85. The minimum atomic E-state index is 0.560. The van der Waals surface area contributed by atoms with Crippen molar-refractivity contribution in [3.63, 3.8) is 0 Å². The summed E-state index contributed by atoms with van der Waals surface area (Å²) < 4.78 is 5.75. The molecule has 0 bridgehead atoms. The molecule has 0 amide bonds. The van der Waals surface area contributed by atoms with E-state index in [1.54, 1.807) is 0 Å². The van der Waals surface area contributed by atoms with Gasteiger partial charge in [-0.1, -0.05) is 59.9 Å². The third-order valence-electron chi connectivity index (χ3n) is 2.40. The lowest BCUT2D eigenvalue weighted by molar-refractivity contribution is 0.255. The molecular weight excluding hydrogens is 275 g/mol. The fourth-order valence-electron chi connectivity index (χ4n) is 1.16. The van der Waals surface area contributed by atoms with Crippen molar-refractivity contribution >= 4 is 27.5 Å². The van der Waals surface area contributed by atoms with Crippen LogP contribution >= 0.6 is 27.5 Å². The van der Waals surface area contributed by atoms with Crippen molar-refractivity contribution in [3.05, 3.63) is 28.8 Å². The van der Waals surface area contributed by atoms with E-state index in [1.165, 1.54) is 0 Å². The Morgan fingerprint density at radius 3 is 2.80 bits per heavy atom. The second-order valence-electron chi connectivity index (χ2n) is 3.69. The number of hydrogen-bond acceptors (Lipinski definition) is 1. The molecule has 1 unspecified atom stereocenters. The minimum absolute atomic E-state index is 0.560. The first kappa shape index (κ1) is 12.9. The van der Waals surface area contributed by atoms with Gasteiger partial charge in [-0.15, -0.1) is 0 Å². The van der Waals surface area contributed by atoms with Crippen LogP contribution in [0.5, 0.6) is 5.75 Å². The molecule has 0 saturated carbocycles. The molecule has 0 aliphatic rings. The van der Waals surface area contributed by atoms with E-state index in [0.717, 1.165) is 29.7 Å². The Labute approximate surface area is 105 Å². The molecule has 0 aromatic heterocycles. The lowest BCUT2D eigenvalue weighted by atomic mass is 10.1. The maximum absolute atomic E-state index is 6.09. The van der Waals surface area contributed by atoms with E-state index in [-0.39, 0.29) is 0 Å². The largest absolute Gasteiger partial charge is 0.491 e. The number of benzene rings is 1. The molecule has 0 aliphatic heterocycles. The molecule has 1 aromatic carbocycles. The molecule has 1 atom stereocenters. The van der Waals surface area contributed by atoms with Crippen LogP contribution in [0.2, 0.25) is 5.02 Å². The first-order valence-electron chi connectivity index (χ1n) is 5.15. The predicted octanol–water partition coefficient (Wildman–Crippen LogP) is 4.66. The van der Waals surface area contributed by atoms with Crippen molar-refractivity contribution in [1.29, 1.82) is 0 Å². The summed E-state index contributed by atoms with van der Waals surface area (Å²) in [6.45, 7) is 5.05. The highest BCUT2D eigenvalue weighted by molar-refractivity contribution is 9.08. The summed E-state index contributed by atoms with van der Waals surface area (Å²) in [4.78, 5) is 0. The number of halogens is 2. The Morgan fingerprint density at radius 1 is 1.47 bits per heavy atom. The Kier molecular flexibility index (Phi) is 5.48. The summed E-state index contributed by atoms with van der Waals surface area (Å²) in [6.07, 6.45) is 1.12. The van der Waals surface area contributed by atoms with Gasteiger partial charge in [-0.3, -0.25) is 0 Å². The van der Waals surface area contributed by atoms with Crippen LogP contribution in [0.15, 0.2) is 18.2 Å². The molecule has 0 spiro atoms.